The topological polar surface area (TPSA) is 85.1 Å². The van der Waals surface area contributed by atoms with Crippen molar-refractivity contribution in [3.8, 4) is 0 Å². The van der Waals surface area contributed by atoms with E-state index in [-0.39, 0.29) is 11.8 Å². The maximum absolute atomic E-state index is 11.5. The lowest BCUT2D eigenvalue weighted by Crippen LogP contribution is -2.27. The summed E-state index contributed by atoms with van der Waals surface area (Å²) in [4.78, 5) is 4.01. The molecule has 1 saturated carbocycles. The molecule has 1 aliphatic carbocycles. The molecule has 0 radical (unpaired) electrons. The first-order valence-corrected chi connectivity index (χ1v) is 6.32. The van der Waals surface area contributed by atoms with Crippen LogP contribution in [0.4, 0.5) is 5.82 Å². The van der Waals surface area contributed by atoms with Crippen molar-refractivity contribution in [2.24, 2.45) is 0 Å². The van der Waals surface area contributed by atoms with E-state index in [2.05, 4.69) is 9.71 Å². The summed E-state index contributed by atoms with van der Waals surface area (Å²) in [6.45, 7) is 0.212. The van der Waals surface area contributed by atoms with Gasteiger partial charge in [0, 0.05) is 0 Å². The molecule has 0 aliphatic heterocycles. The van der Waals surface area contributed by atoms with Crippen LogP contribution in [0.3, 0.4) is 0 Å². The van der Waals surface area contributed by atoms with Crippen LogP contribution in [0.25, 0.3) is 0 Å². The van der Waals surface area contributed by atoms with Gasteiger partial charge in [-0.3, -0.25) is 0 Å². The van der Waals surface area contributed by atoms with Crippen LogP contribution in [0.5, 0.6) is 0 Å². The molecular weight excluding hydrogens is 214 g/mol. The summed E-state index contributed by atoms with van der Waals surface area (Å²) in [7, 11) is -3.13. The molecule has 82 valence electrons. The lowest BCUT2D eigenvalue weighted by atomic mass is 10.3. The zero-order valence-electron chi connectivity index (χ0n) is 8.18. The summed E-state index contributed by atoms with van der Waals surface area (Å²) >= 11 is 0. The van der Waals surface area contributed by atoms with Crippen LogP contribution < -0.4 is 10.5 Å². The molecule has 1 aliphatic rings. The fourth-order valence-electron chi connectivity index (χ4n) is 1.27. The Morgan fingerprint density at radius 3 is 2.80 bits per heavy atom. The van der Waals surface area contributed by atoms with Crippen LogP contribution >= 0.6 is 0 Å². The van der Waals surface area contributed by atoms with Gasteiger partial charge in [-0.05, 0) is 25.0 Å². The van der Waals surface area contributed by atoms with Gasteiger partial charge in [0.15, 0.2) is 0 Å². The first kappa shape index (κ1) is 10.4. The van der Waals surface area contributed by atoms with Gasteiger partial charge < -0.3 is 5.73 Å². The maximum Gasteiger partial charge on any atom is 0.214 e. The molecule has 1 fully saturated rings. The highest BCUT2D eigenvalue weighted by molar-refractivity contribution is 7.90. The third-order valence-corrected chi connectivity index (χ3v) is 4.14. The molecule has 15 heavy (non-hydrogen) atoms. The first-order chi connectivity index (χ1) is 7.08. The molecule has 1 aromatic heterocycles. The van der Waals surface area contributed by atoms with Crippen molar-refractivity contribution >= 4 is 15.8 Å². The van der Waals surface area contributed by atoms with Gasteiger partial charge in [-0.15, -0.1) is 0 Å². The SMILES string of the molecule is Nc1cccc(CNS(=O)(=O)C2CC2)n1. The molecular formula is C9H13N3O2S. The van der Waals surface area contributed by atoms with E-state index in [9.17, 15) is 8.42 Å². The van der Waals surface area contributed by atoms with Gasteiger partial charge in [0.1, 0.15) is 5.82 Å². The predicted molar refractivity (Wildman–Crippen MR) is 57.4 cm³/mol. The Morgan fingerprint density at radius 2 is 2.20 bits per heavy atom. The normalized spacial score (nSPS) is 16.5. The minimum atomic E-state index is -3.13. The van der Waals surface area contributed by atoms with Crippen molar-refractivity contribution in [2.75, 3.05) is 5.73 Å². The van der Waals surface area contributed by atoms with Gasteiger partial charge in [-0.1, -0.05) is 6.07 Å². The zero-order chi connectivity index (χ0) is 10.9. The molecule has 0 amide bonds. The summed E-state index contributed by atoms with van der Waals surface area (Å²) in [5.41, 5.74) is 6.12. The van der Waals surface area contributed by atoms with Gasteiger partial charge in [0.2, 0.25) is 10.0 Å². The Kier molecular flexibility index (Phi) is 2.62. The molecule has 0 unspecified atom stereocenters. The molecule has 1 aromatic rings. The van der Waals surface area contributed by atoms with E-state index in [0.717, 1.165) is 12.8 Å². The lowest BCUT2D eigenvalue weighted by molar-refractivity contribution is 0.579. The van der Waals surface area contributed by atoms with E-state index in [4.69, 9.17) is 5.73 Å². The van der Waals surface area contributed by atoms with Gasteiger partial charge in [0.25, 0.3) is 0 Å². The van der Waals surface area contributed by atoms with Gasteiger partial charge in [-0.2, -0.15) is 0 Å². The van der Waals surface area contributed by atoms with Crippen molar-refractivity contribution in [3.63, 3.8) is 0 Å². The molecule has 0 aromatic carbocycles. The minimum Gasteiger partial charge on any atom is -0.384 e. The average Bonchev–Trinajstić information content (AvgIpc) is 2.98. The van der Waals surface area contributed by atoms with E-state index in [1.54, 1.807) is 18.2 Å². The maximum atomic E-state index is 11.5. The number of rotatable bonds is 4. The van der Waals surface area contributed by atoms with Crippen LogP contribution in [0.15, 0.2) is 18.2 Å². The number of nitrogen functional groups attached to an aromatic ring is 1. The molecule has 0 bridgehead atoms. The predicted octanol–water partition coefficient (Wildman–Crippen LogP) is 0.246. The Morgan fingerprint density at radius 1 is 1.47 bits per heavy atom. The van der Waals surface area contributed by atoms with Crippen molar-refractivity contribution in [1.82, 2.24) is 9.71 Å². The van der Waals surface area contributed by atoms with E-state index >= 15 is 0 Å². The number of nitrogens with zero attached hydrogens (tertiary/aromatic N) is 1. The van der Waals surface area contributed by atoms with Crippen molar-refractivity contribution in [3.05, 3.63) is 23.9 Å². The molecule has 6 heteroatoms. The second kappa shape index (κ2) is 3.79. The number of anilines is 1. The molecule has 0 saturated heterocycles. The largest absolute Gasteiger partial charge is 0.384 e. The Bertz CT molecular complexity index is 454. The van der Waals surface area contributed by atoms with Crippen molar-refractivity contribution in [2.45, 2.75) is 24.6 Å². The van der Waals surface area contributed by atoms with Crippen LogP contribution in [0, 0.1) is 0 Å². The molecule has 0 spiro atoms. The number of hydrogen-bond donors (Lipinski definition) is 2. The van der Waals surface area contributed by atoms with Gasteiger partial charge >= 0.3 is 0 Å². The van der Waals surface area contributed by atoms with Gasteiger partial charge in [-0.25, -0.2) is 18.1 Å². The minimum absolute atomic E-state index is 0.196. The van der Waals surface area contributed by atoms with Crippen LogP contribution in [0.1, 0.15) is 18.5 Å². The Balaban J connectivity index is 1.98. The molecule has 5 nitrogen and oxygen atoms in total. The fraction of sp³-hybridized carbons (Fsp3) is 0.444. The number of hydrogen-bond acceptors (Lipinski definition) is 4. The fourth-order valence-corrected chi connectivity index (χ4v) is 2.61. The standard InChI is InChI=1S/C9H13N3O2S/c10-9-3-1-2-7(12-9)6-11-15(13,14)8-4-5-8/h1-3,8,11H,4-6H2,(H2,10,12). The molecule has 3 N–H and O–H groups in total. The van der Waals surface area contributed by atoms with E-state index in [1.165, 1.54) is 0 Å². The third-order valence-electron chi connectivity index (χ3n) is 2.25. The average molecular weight is 227 g/mol. The molecule has 0 atom stereocenters. The van der Waals surface area contributed by atoms with E-state index < -0.39 is 10.0 Å². The molecule has 2 rings (SSSR count). The zero-order valence-corrected chi connectivity index (χ0v) is 9.00. The summed E-state index contributed by atoms with van der Waals surface area (Å²) in [5, 5.41) is -0.196. The number of nitrogens with one attached hydrogen (secondary N) is 1. The lowest BCUT2D eigenvalue weighted by Gasteiger charge is -2.04. The summed E-state index contributed by atoms with van der Waals surface area (Å²) in [6.07, 6.45) is 1.53. The summed E-state index contributed by atoms with van der Waals surface area (Å²) in [6, 6.07) is 5.16. The summed E-state index contributed by atoms with van der Waals surface area (Å²) in [5.74, 6) is 0.401. The number of nitrogens with two attached hydrogens (primary N) is 1. The van der Waals surface area contributed by atoms with E-state index in [1.807, 2.05) is 0 Å². The van der Waals surface area contributed by atoms with E-state index in [0.29, 0.717) is 11.5 Å². The number of pyridine rings is 1. The van der Waals surface area contributed by atoms with Crippen LogP contribution in [-0.2, 0) is 16.6 Å². The monoisotopic (exact) mass is 227 g/mol. The van der Waals surface area contributed by atoms with Gasteiger partial charge in [0.05, 0.1) is 17.5 Å². The quantitative estimate of drug-likeness (QED) is 0.772. The number of aromatic nitrogens is 1. The summed E-state index contributed by atoms with van der Waals surface area (Å²) < 4.78 is 25.5. The Labute approximate surface area is 88.8 Å². The highest BCUT2D eigenvalue weighted by Gasteiger charge is 2.35. The molecule has 1 heterocycles. The Hall–Kier alpha value is -1.14. The van der Waals surface area contributed by atoms with Crippen molar-refractivity contribution < 1.29 is 8.42 Å². The van der Waals surface area contributed by atoms with Crippen molar-refractivity contribution in [1.29, 1.82) is 0 Å². The number of sulfonamides is 1. The first-order valence-electron chi connectivity index (χ1n) is 4.78. The van der Waals surface area contributed by atoms with Crippen LogP contribution in [0.2, 0.25) is 0 Å². The third kappa shape index (κ3) is 2.66. The highest BCUT2D eigenvalue weighted by atomic mass is 32.2. The van der Waals surface area contributed by atoms with Crippen LogP contribution in [-0.4, -0.2) is 18.7 Å². The smallest absolute Gasteiger partial charge is 0.214 e. The second-order valence-corrected chi connectivity index (χ2v) is 5.66. The highest BCUT2D eigenvalue weighted by Crippen LogP contribution is 2.27. The second-order valence-electron chi connectivity index (χ2n) is 3.62.